The van der Waals surface area contributed by atoms with Crippen molar-refractivity contribution in [1.29, 1.82) is 0 Å². The van der Waals surface area contributed by atoms with E-state index in [1.165, 1.54) is 19.2 Å². The van der Waals surface area contributed by atoms with Crippen molar-refractivity contribution in [3.05, 3.63) is 82.7 Å². The Kier molecular flexibility index (Phi) is 6.17. The molecular formula is C28H25F3O4. The fourth-order valence-electron chi connectivity index (χ4n) is 4.94. The second-order valence-electron chi connectivity index (χ2n) is 9.26. The first-order valence-corrected chi connectivity index (χ1v) is 11.7. The van der Waals surface area contributed by atoms with Crippen molar-refractivity contribution in [1.82, 2.24) is 0 Å². The third kappa shape index (κ3) is 4.72. The van der Waals surface area contributed by atoms with Crippen molar-refractivity contribution in [2.75, 3.05) is 7.11 Å². The van der Waals surface area contributed by atoms with E-state index in [-0.39, 0.29) is 29.2 Å². The molecule has 1 fully saturated rings. The van der Waals surface area contributed by atoms with Gasteiger partial charge in [-0.15, -0.1) is 0 Å². The molecule has 3 aromatic carbocycles. The Morgan fingerprint density at radius 3 is 2.51 bits per heavy atom. The van der Waals surface area contributed by atoms with Crippen molar-refractivity contribution >= 4 is 5.97 Å². The molecule has 0 radical (unpaired) electrons. The van der Waals surface area contributed by atoms with Gasteiger partial charge >= 0.3 is 5.97 Å². The quantitative estimate of drug-likeness (QED) is 0.402. The minimum absolute atomic E-state index is 0.0396. The third-order valence-electron chi connectivity index (χ3n) is 6.95. The molecular weight excluding hydrogens is 457 g/mol. The van der Waals surface area contributed by atoms with Gasteiger partial charge in [0.25, 0.3) is 0 Å². The lowest BCUT2D eigenvalue weighted by molar-refractivity contribution is -0.137. The number of fused-ring (bicyclic) bond motifs is 1. The number of benzene rings is 3. The molecule has 0 amide bonds. The third-order valence-corrected chi connectivity index (χ3v) is 6.95. The van der Waals surface area contributed by atoms with Crippen molar-refractivity contribution in [2.24, 2.45) is 5.92 Å². The van der Waals surface area contributed by atoms with Gasteiger partial charge in [0, 0.05) is 17.2 Å². The molecule has 7 heteroatoms. The average Bonchev–Trinajstić information content (AvgIpc) is 3.67. The maximum absolute atomic E-state index is 15.2. The van der Waals surface area contributed by atoms with Gasteiger partial charge in [-0.05, 0) is 72.4 Å². The van der Waals surface area contributed by atoms with Gasteiger partial charge in [-0.3, -0.25) is 4.79 Å². The fraction of sp³-hybridized carbons (Fsp3) is 0.321. The molecule has 1 N–H and O–H groups in total. The lowest BCUT2D eigenvalue weighted by Gasteiger charge is -2.28. The van der Waals surface area contributed by atoms with Gasteiger partial charge in [-0.1, -0.05) is 24.3 Å². The highest BCUT2D eigenvalue weighted by atomic mass is 19.1. The number of hydrogen-bond donors (Lipinski definition) is 1. The highest BCUT2D eigenvalue weighted by Gasteiger charge is 2.34. The van der Waals surface area contributed by atoms with Crippen LogP contribution < -0.4 is 9.47 Å². The second kappa shape index (κ2) is 9.29. The Hall–Kier alpha value is -3.48. The fourth-order valence-corrected chi connectivity index (χ4v) is 4.94. The summed E-state index contributed by atoms with van der Waals surface area (Å²) in [7, 11) is 1.28. The number of aliphatic carboxylic acids is 1. The van der Waals surface area contributed by atoms with Gasteiger partial charge in [0.05, 0.1) is 13.5 Å². The number of hydrogen-bond acceptors (Lipinski definition) is 3. The molecule has 0 saturated heterocycles. The minimum Gasteiger partial charge on any atom is -0.494 e. The average molecular weight is 482 g/mol. The summed E-state index contributed by atoms with van der Waals surface area (Å²) in [4.78, 5) is 11.4. The van der Waals surface area contributed by atoms with E-state index in [9.17, 15) is 18.7 Å². The van der Waals surface area contributed by atoms with E-state index in [0.717, 1.165) is 30.0 Å². The highest BCUT2D eigenvalue weighted by Crippen LogP contribution is 2.46. The van der Waals surface area contributed by atoms with Gasteiger partial charge in [0.2, 0.25) is 0 Å². The first-order valence-electron chi connectivity index (χ1n) is 11.7. The molecule has 0 spiro atoms. The molecule has 1 saturated carbocycles. The van der Waals surface area contributed by atoms with Crippen molar-refractivity contribution < 1.29 is 32.5 Å². The number of aryl methyl sites for hydroxylation is 1. The normalized spacial score (nSPS) is 17.9. The zero-order valence-corrected chi connectivity index (χ0v) is 19.2. The molecule has 1 heterocycles. The van der Waals surface area contributed by atoms with E-state index in [0.29, 0.717) is 30.1 Å². The lowest BCUT2D eigenvalue weighted by Crippen LogP contribution is -2.17. The van der Waals surface area contributed by atoms with Crippen LogP contribution in [0.25, 0.3) is 11.1 Å². The predicted octanol–water partition coefficient (Wildman–Crippen LogP) is 6.81. The topological polar surface area (TPSA) is 55.8 Å². The van der Waals surface area contributed by atoms with Crippen molar-refractivity contribution in [3.63, 3.8) is 0 Å². The van der Waals surface area contributed by atoms with E-state index in [2.05, 4.69) is 0 Å². The van der Waals surface area contributed by atoms with E-state index >= 15 is 4.39 Å². The molecule has 35 heavy (non-hydrogen) atoms. The molecule has 182 valence electrons. The Labute approximate surface area is 201 Å². The van der Waals surface area contributed by atoms with Crippen LogP contribution in [-0.4, -0.2) is 18.2 Å². The monoisotopic (exact) mass is 482 g/mol. The minimum atomic E-state index is -0.827. The summed E-state index contributed by atoms with van der Waals surface area (Å²) in [5.74, 6) is -2.16. The Balaban J connectivity index is 1.40. The van der Waals surface area contributed by atoms with Crippen LogP contribution in [0.2, 0.25) is 0 Å². The molecule has 2 aliphatic rings. The van der Waals surface area contributed by atoms with Crippen molar-refractivity contribution in [2.45, 2.75) is 44.1 Å². The van der Waals surface area contributed by atoms with Crippen LogP contribution in [0.1, 0.15) is 54.4 Å². The van der Waals surface area contributed by atoms with Crippen molar-refractivity contribution in [3.8, 4) is 22.6 Å². The van der Waals surface area contributed by atoms with Gasteiger partial charge in [0.1, 0.15) is 23.5 Å². The zero-order valence-electron chi connectivity index (χ0n) is 19.2. The summed E-state index contributed by atoms with van der Waals surface area (Å²) in [6, 6.07) is 12.2. The van der Waals surface area contributed by atoms with Crippen LogP contribution in [0.5, 0.6) is 11.5 Å². The number of methoxy groups -OCH3 is 1. The Morgan fingerprint density at radius 2 is 1.83 bits per heavy atom. The van der Waals surface area contributed by atoms with E-state index in [4.69, 9.17) is 9.47 Å². The molecule has 5 rings (SSSR count). The van der Waals surface area contributed by atoms with Crippen LogP contribution in [0.4, 0.5) is 13.2 Å². The largest absolute Gasteiger partial charge is 0.494 e. The second-order valence-corrected chi connectivity index (χ2v) is 9.26. The molecule has 1 unspecified atom stereocenters. The summed E-state index contributed by atoms with van der Waals surface area (Å²) in [6.45, 7) is 0. The Bertz CT molecular complexity index is 1290. The summed E-state index contributed by atoms with van der Waals surface area (Å²) < 4.78 is 54.4. The number of ether oxygens (including phenoxy) is 2. The number of carbonyl (C=O) groups is 1. The van der Waals surface area contributed by atoms with Crippen LogP contribution in [0.15, 0.2) is 48.5 Å². The van der Waals surface area contributed by atoms with Crippen LogP contribution in [0.3, 0.4) is 0 Å². The molecule has 0 aromatic heterocycles. The van der Waals surface area contributed by atoms with Gasteiger partial charge in [-0.2, -0.15) is 0 Å². The summed E-state index contributed by atoms with van der Waals surface area (Å²) in [6.07, 6.45) is 2.86. The molecule has 1 aliphatic carbocycles. The number of carboxylic acids is 1. The zero-order chi connectivity index (χ0) is 24.7. The maximum atomic E-state index is 15.2. The first-order chi connectivity index (χ1) is 16.8. The smallest absolute Gasteiger partial charge is 0.303 e. The van der Waals surface area contributed by atoms with E-state index in [1.807, 2.05) is 18.2 Å². The van der Waals surface area contributed by atoms with Crippen LogP contribution >= 0.6 is 0 Å². The standard InChI is InChI=1S/C28H25F3O4/c1-34-27-12-21(23(30)14-24(27)31)17-6-8-19(22(29)10-17)25-9-7-16-4-5-18(11-26(16)35-25)20(13-28(32)33)15-2-3-15/h4-6,8,10-12,14-15,20,25H,2-3,7,9,13H2,1H3,(H,32,33)/t20-,25?/m0/s1. The first kappa shape index (κ1) is 23.3. The number of carboxylic acid groups (broad SMARTS) is 1. The van der Waals surface area contributed by atoms with Gasteiger partial charge < -0.3 is 14.6 Å². The summed E-state index contributed by atoms with van der Waals surface area (Å²) >= 11 is 0. The molecule has 3 aromatic rings. The van der Waals surface area contributed by atoms with Gasteiger partial charge in [-0.25, -0.2) is 13.2 Å². The predicted molar refractivity (Wildman–Crippen MR) is 124 cm³/mol. The van der Waals surface area contributed by atoms with Crippen LogP contribution in [-0.2, 0) is 11.2 Å². The number of halogens is 3. The van der Waals surface area contributed by atoms with E-state index in [1.54, 1.807) is 12.1 Å². The van der Waals surface area contributed by atoms with Crippen LogP contribution in [0, 0.1) is 23.4 Å². The van der Waals surface area contributed by atoms with E-state index < -0.39 is 29.5 Å². The lowest BCUT2D eigenvalue weighted by atomic mass is 9.88. The SMILES string of the molecule is COc1cc(-c2ccc(C3CCc4ccc([C@@H](CC(=O)O)C5CC5)cc4O3)c(F)c2)c(F)cc1F. The molecule has 1 aliphatic heterocycles. The number of rotatable bonds is 7. The summed E-state index contributed by atoms with van der Waals surface area (Å²) in [5, 5.41) is 9.32. The Morgan fingerprint density at radius 1 is 1.03 bits per heavy atom. The molecule has 0 bridgehead atoms. The maximum Gasteiger partial charge on any atom is 0.303 e. The summed E-state index contributed by atoms with van der Waals surface area (Å²) in [5.41, 5.74) is 2.60. The molecule has 2 atom stereocenters. The highest BCUT2D eigenvalue weighted by molar-refractivity contribution is 5.68. The molecule has 4 nitrogen and oxygen atoms in total. The van der Waals surface area contributed by atoms with Gasteiger partial charge in [0.15, 0.2) is 11.6 Å².